The number of rotatable bonds is 48. The van der Waals surface area contributed by atoms with Crippen LogP contribution in [0.25, 0.3) is 0 Å². The Hall–Kier alpha value is -1.59. The molecule has 1 atom stereocenters. The Morgan fingerprint density at radius 2 is 0.475 bits per heavy atom. The fourth-order valence-electron chi connectivity index (χ4n) is 8.29. The zero-order valence-corrected chi connectivity index (χ0v) is 42.0. The average Bonchev–Trinajstić information content (AvgIpc) is 3.22. The molecule has 0 saturated heterocycles. The summed E-state index contributed by atoms with van der Waals surface area (Å²) in [4.78, 5) is 38.0. The van der Waals surface area contributed by atoms with Crippen molar-refractivity contribution in [2.45, 2.75) is 304 Å². The van der Waals surface area contributed by atoms with Gasteiger partial charge in [-0.15, -0.1) is 0 Å². The highest BCUT2D eigenvalue weighted by molar-refractivity contribution is 5.71. The summed E-state index contributed by atoms with van der Waals surface area (Å²) in [5.41, 5.74) is 0. The summed E-state index contributed by atoms with van der Waals surface area (Å²) in [6.45, 7) is 13.7. The molecule has 0 bridgehead atoms. The van der Waals surface area contributed by atoms with Crippen LogP contribution in [0, 0.1) is 17.8 Å². The van der Waals surface area contributed by atoms with Crippen molar-refractivity contribution in [3.63, 3.8) is 0 Å². The normalized spacial score (nSPS) is 12.1. The lowest BCUT2D eigenvalue weighted by Crippen LogP contribution is -2.30. The standard InChI is InChI=1S/C55H106O6/c1-49(2)41-35-29-23-17-12-8-7-9-14-20-26-32-38-44-53(56)59-47-52(61-55(58)46-40-34-28-22-16-19-25-31-37-43-51(5)6)48-60-54(57)45-39-33-27-21-15-11-10-13-18-24-30-36-42-50(3)4/h49-52H,7-48H2,1-6H3/t52-/m0/s1. The maximum Gasteiger partial charge on any atom is 0.306 e. The molecule has 0 amide bonds. The summed E-state index contributed by atoms with van der Waals surface area (Å²) in [5.74, 6) is 1.63. The van der Waals surface area contributed by atoms with Gasteiger partial charge in [0.05, 0.1) is 0 Å². The van der Waals surface area contributed by atoms with E-state index in [0.29, 0.717) is 19.3 Å². The SMILES string of the molecule is CC(C)CCCCCCCCCCCCCCCC(=O)OC[C@@H](COC(=O)CCCCCCCCCCCCCCC(C)C)OC(=O)CCCCCCCCCCCC(C)C. The van der Waals surface area contributed by atoms with Gasteiger partial charge in [0.15, 0.2) is 6.10 Å². The zero-order valence-electron chi connectivity index (χ0n) is 42.0. The van der Waals surface area contributed by atoms with E-state index in [-0.39, 0.29) is 31.1 Å². The second-order valence-corrected chi connectivity index (χ2v) is 20.3. The topological polar surface area (TPSA) is 78.9 Å². The lowest BCUT2D eigenvalue weighted by atomic mass is 10.0. The predicted molar refractivity (Wildman–Crippen MR) is 261 cm³/mol. The first kappa shape index (κ1) is 59.4. The van der Waals surface area contributed by atoms with Gasteiger partial charge in [0.2, 0.25) is 0 Å². The summed E-state index contributed by atoms with van der Waals surface area (Å²) >= 11 is 0. The van der Waals surface area contributed by atoms with Crippen molar-refractivity contribution in [1.29, 1.82) is 0 Å². The smallest absolute Gasteiger partial charge is 0.306 e. The fraction of sp³-hybridized carbons (Fsp3) is 0.945. The van der Waals surface area contributed by atoms with Gasteiger partial charge in [0.1, 0.15) is 13.2 Å². The van der Waals surface area contributed by atoms with E-state index >= 15 is 0 Å². The van der Waals surface area contributed by atoms with Gasteiger partial charge >= 0.3 is 17.9 Å². The zero-order chi connectivity index (χ0) is 44.9. The minimum Gasteiger partial charge on any atom is -0.462 e. The Kier molecular flexibility index (Phi) is 45.2. The molecular weight excluding hydrogens is 757 g/mol. The van der Waals surface area contributed by atoms with Crippen molar-refractivity contribution in [2.24, 2.45) is 17.8 Å². The molecule has 0 spiro atoms. The van der Waals surface area contributed by atoms with E-state index in [1.54, 1.807) is 0 Å². The molecule has 0 saturated carbocycles. The first-order chi connectivity index (χ1) is 29.6. The molecule has 362 valence electrons. The quantitative estimate of drug-likeness (QED) is 0.0344. The number of hydrogen-bond acceptors (Lipinski definition) is 6. The third-order valence-corrected chi connectivity index (χ3v) is 12.4. The van der Waals surface area contributed by atoms with Gasteiger partial charge in [-0.25, -0.2) is 0 Å². The lowest BCUT2D eigenvalue weighted by molar-refractivity contribution is -0.167. The van der Waals surface area contributed by atoms with E-state index in [2.05, 4.69) is 41.5 Å². The van der Waals surface area contributed by atoms with Crippen LogP contribution in [0.15, 0.2) is 0 Å². The molecule has 0 unspecified atom stereocenters. The first-order valence-corrected chi connectivity index (χ1v) is 27.1. The maximum atomic E-state index is 12.8. The van der Waals surface area contributed by atoms with Crippen LogP contribution in [-0.4, -0.2) is 37.2 Å². The van der Waals surface area contributed by atoms with Crippen LogP contribution in [0.3, 0.4) is 0 Å². The van der Waals surface area contributed by atoms with E-state index in [9.17, 15) is 14.4 Å². The Bertz CT molecular complexity index is 945. The second kappa shape index (κ2) is 46.4. The van der Waals surface area contributed by atoms with Crippen LogP contribution in [0.1, 0.15) is 298 Å². The Balaban J connectivity index is 4.30. The van der Waals surface area contributed by atoms with Crippen molar-refractivity contribution >= 4 is 17.9 Å². The average molecular weight is 863 g/mol. The monoisotopic (exact) mass is 863 g/mol. The van der Waals surface area contributed by atoms with Crippen LogP contribution in [0.5, 0.6) is 0 Å². The number of ether oxygens (including phenoxy) is 3. The molecule has 0 rings (SSSR count). The molecule has 0 aromatic heterocycles. The molecule has 0 aromatic rings. The van der Waals surface area contributed by atoms with E-state index < -0.39 is 6.10 Å². The third-order valence-electron chi connectivity index (χ3n) is 12.4. The molecule has 0 aliphatic heterocycles. The van der Waals surface area contributed by atoms with Crippen LogP contribution < -0.4 is 0 Å². The summed E-state index contributed by atoms with van der Waals surface area (Å²) in [6.07, 6.45) is 46.6. The number of carbonyl (C=O) groups is 3. The van der Waals surface area contributed by atoms with Crippen molar-refractivity contribution < 1.29 is 28.6 Å². The van der Waals surface area contributed by atoms with Crippen molar-refractivity contribution in [2.75, 3.05) is 13.2 Å². The third kappa shape index (κ3) is 49.3. The number of unbranched alkanes of at least 4 members (excludes halogenated alkanes) is 31. The largest absolute Gasteiger partial charge is 0.462 e. The fourth-order valence-corrected chi connectivity index (χ4v) is 8.29. The van der Waals surface area contributed by atoms with E-state index in [4.69, 9.17) is 14.2 Å². The summed E-state index contributed by atoms with van der Waals surface area (Å²) in [5, 5.41) is 0. The minimum atomic E-state index is -0.763. The molecule has 0 fully saturated rings. The lowest BCUT2D eigenvalue weighted by Gasteiger charge is -2.18. The summed E-state index contributed by atoms with van der Waals surface area (Å²) in [6, 6.07) is 0. The number of carbonyl (C=O) groups excluding carboxylic acids is 3. The van der Waals surface area contributed by atoms with Gasteiger partial charge in [-0.1, -0.05) is 260 Å². The highest BCUT2D eigenvalue weighted by atomic mass is 16.6. The highest BCUT2D eigenvalue weighted by Gasteiger charge is 2.19. The van der Waals surface area contributed by atoms with E-state index in [1.165, 1.54) is 180 Å². The summed E-state index contributed by atoms with van der Waals surface area (Å²) in [7, 11) is 0. The highest BCUT2D eigenvalue weighted by Crippen LogP contribution is 2.18. The van der Waals surface area contributed by atoms with Gasteiger partial charge in [-0.3, -0.25) is 14.4 Å². The van der Waals surface area contributed by atoms with Crippen LogP contribution >= 0.6 is 0 Å². The predicted octanol–water partition coefficient (Wildman–Crippen LogP) is 17.6. The van der Waals surface area contributed by atoms with E-state index in [1.807, 2.05) is 0 Å². The van der Waals surface area contributed by atoms with Crippen molar-refractivity contribution in [3.05, 3.63) is 0 Å². The van der Waals surface area contributed by atoms with Gasteiger partial charge in [-0.2, -0.15) is 0 Å². The van der Waals surface area contributed by atoms with Gasteiger partial charge in [0.25, 0.3) is 0 Å². The van der Waals surface area contributed by atoms with Crippen LogP contribution in [0.2, 0.25) is 0 Å². The van der Waals surface area contributed by atoms with Crippen molar-refractivity contribution in [3.8, 4) is 0 Å². The molecule has 61 heavy (non-hydrogen) atoms. The van der Waals surface area contributed by atoms with E-state index in [0.717, 1.165) is 75.5 Å². The Morgan fingerprint density at radius 1 is 0.279 bits per heavy atom. The molecular formula is C55H106O6. The molecule has 0 aliphatic carbocycles. The maximum absolute atomic E-state index is 12.8. The second-order valence-electron chi connectivity index (χ2n) is 20.3. The minimum absolute atomic E-state index is 0.0644. The molecule has 0 aromatic carbocycles. The summed E-state index contributed by atoms with van der Waals surface area (Å²) < 4.78 is 16.8. The number of esters is 3. The molecule has 6 nitrogen and oxygen atoms in total. The van der Waals surface area contributed by atoms with Gasteiger partial charge in [-0.05, 0) is 37.0 Å². The molecule has 0 aliphatic rings. The van der Waals surface area contributed by atoms with Crippen LogP contribution in [0.4, 0.5) is 0 Å². The number of hydrogen-bond donors (Lipinski definition) is 0. The first-order valence-electron chi connectivity index (χ1n) is 27.1. The molecule has 6 heteroatoms. The Labute approximate surface area is 380 Å². The molecule has 0 N–H and O–H groups in total. The van der Waals surface area contributed by atoms with Crippen LogP contribution in [-0.2, 0) is 28.6 Å². The molecule has 0 radical (unpaired) electrons. The van der Waals surface area contributed by atoms with Crippen molar-refractivity contribution in [1.82, 2.24) is 0 Å². The molecule has 0 heterocycles. The van der Waals surface area contributed by atoms with Gasteiger partial charge in [0, 0.05) is 19.3 Å². The van der Waals surface area contributed by atoms with Gasteiger partial charge < -0.3 is 14.2 Å². The Morgan fingerprint density at radius 3 is 0.705 bits per heavy atom.